The van der Waals surface area contributed by atoms with E-state index in [-0.39, 0.29) is 12.1 Å². The zero-order valence-corrected chi connectivity index (χ0v) is 15.3. The van der Waals surface area contributed by atoms with E-state index >= 15 is 0 Å². The van der Waals surface area contributed by atoms with Gasteiger partial charge in [0, 0.05) is 17.6 Å². The molecular formula is C19H31ClN2O. The molecular weight excluding hydrogens is 308 g/mol. The molecule has 0 heterocycles. The highest BCUT2D eigenvalue weighted by molar-refractivity contribution is 6.18. The second-order valence-corrected chi connectivity index (χ2v) is 6.41. The molecule has 0 aliphatic rings. The summed E-state index contributed by atoms with van der Waals surface area (Å²) in [5.41, 5.74) is 2.15. The number of urea groups is 1. The molecule has 0 aromatic heterocycles. The summed E-state index contributed by atoms with van der Waals surface area (Å²) in [6, 6.07) is 7.98. The number of rotatable bonds is 11. The molecule has 2 amide bonds. The molecule has 1 rings (SSSR count). The van der Waals surface area contributed by atoms with Gasteiger partial charge in [0.2, 0.25) is 0 Å². The lowest BCUT2D eigenvalue weighted by Gasteiger charge is -2.15. The van der Waals surface area contributed by atoms with Crippen LogP contribution in [0.1, 0.15) is 64.4 Å². The quantitative estimate of drug-likeness (QED) is 0.392. The third kappa shape index (κ3) is 8.85. The number of nitrogens with one attached hydrogen (secondary N) is 2. The maximum Gasteiger partial charge on any atom is 0.319 e. The molecule has 1 aromatic carbocycles. The third-order valence-corrected chi connectivity index (χ3v) is 4.31. The van der Waals surface area contributed by atoms with Crippen molar-refractivity contribution in [2.75, 3.05) is 11.2 Å². The first-order valence-corrected chi connectivity index (χ1v) is 9.45. The van der Waals surface area contributed by atoms with Crippen LogP contribution in [-0.4, -0.2) is 18.0 Å². The number of alkyl halides is 1. The third-order valence-electron chi connectivity index (χ3n) is 3.94. The highest BCUT2D eigenvalue weighted by Crippen LogP contribution is 2.13. The zero-order valence-electron chi connectivity index (χ0n) is 14.5. The van der Waals surface area contributed by atoms with Crippen LogP contribution in [0.2, 0.25) is 0 Å². The smallest absolute Gasteiger partial charge is 0.319 e. The van der Waals surface area contributed by atoms with E-state index in [4.69, 9.17) is 11.6 Å². The Labute approximate surface area is 146 Å². The lowest BCUT2D eigenvalue weighted by atomic mass is 10.1. The standard InChI is InChI=1S/C19H31ClN2O/c1-3-5-6-7-8-10-16-11-13-17(14-12-16)21-19(23)22-18(15-20)9-4-2/h11-14,18H,3-10,15H2,1-2H3,(H2,21,22,23)/t18-/m0/s1. The van der Waals surface area contributed by atoms with Crippen LogP contribution in [0.4, 0.5) is 10.5 Å². The first-order chi connectivity index (χ1) is 11.2. The van der Waals surface area contributed by atoms with E-state index in [1.54, 1.807) is 0 Å². The molecule has 0 radical (unpaired) electrons. The van der Waals surface area contributed by atoms with Gasteiger partial charge in [0.1, 0.15) is 0 Å². The lowest BCUT2D eigenvalue weighted by Crippen LogP contribution is -2.39. The average molecular weight is 339 g/mol. The van der Waals surface area contributed by atoms with Gasteiger partial charge in [-0.05, 0) is 37.0 Å². The number of carbonyl (C=O) groups is 1. The fourth-order valence-electron chi connectivity index (χ4n) is 2.58. The minimum absolute atomic E-state index is 0.0315. The van der Waals surface area contributed by atoms with E-state index in [0.717, 1.165) is 24.9 Å². The summed E-state index contributed by atoms with van der Waals surface area (Å²) in [4.78, 5) is 11.9. The predicted octanol–water partition coefficient (Wildman–Crippen LogP) is 5.73. The molecule has 130 valence electrons. The number of amides is 2. The normalized spacial score (nSPS) is 12.0. The van der Waals surface area contributed by atoms with Crippen LogP contribution >= 0.6 is 11.6 Å². The molecule has 0 bridgehead atoms. The highest BCUT2D eigenvalue weighted by Gasteiger charge is 2.10. The van der Waals surface area contributed by atoms with Crippen molar-refractivity contribution in [3.8, 4) is 0 Å². The van der Waals surface area contributed by atoms with Gasteiger partial charge in [-0.25, -0.2) is 4.79 Å². The average Bonchev–Trinajstić information content (AvgIpc) is 2.55. The fraction of sp³-hybridized carbons (Fsp3) is 0.632. The zero-order chi connectivity index (χ0) is 16.9. The summed E-state index contributed by atoms with van der Waals surface area (Å²) in [6.07, 6.45) is 9.50. The van der Waals surface area contributed by atoms with Gasteiger partial charge in [-0.2, -0.15) is 0 Å². The van der Waals surface area contributed by atoms with Crippen LogP contribution in [0.5, 0.6) is 0 Å². The van der Waals surface area contributed by atoms with Gasteiger partial charge in [0.05, 0.1) is 0 Å². The van der Waals surface area contributed by atoms with Gasteiger partial charge in [0.25, 0.3) is 0 Å². The monoisotopic (exact) mass is 338 g/mol. The molecule has 0 aliphatic carbocycles. The predicted molar refractivity (Wildman–Crippen MR) is 100 cm³/mol. The SMILES string of the molecule is CCCCCCCc1ccc(NC(=O)N[C@H](CCl)CCC)cc1. The molecule has 1 aromatic rings. The maximum absolute atomic E-state index is 11.9. The van der Waals surface area contributed by atoms with Crippen molar-refractivity contribution >= 4 is 23.3 Å². The Morgan fingerprint density at radius 3 is 2.35 bits per heavy atom. The van der Waals surface area contributed by atoms with Crippen LogP contribution in [0.25, 0.3) is 0 Å². The highest BCUT2D eigenvalue weighted by atomic mass is 35.5. The second-order valence-electron chi connectivity index (χ2n) is 6.10. The van der Waals surface area contributed by atoms with Gasteiger partial charge in [-0.1, -0.05) is 58.1 Å². The van der Waals surface area contributed by atoms with Gasteiger partial charge in [-0.15, -0.1) is 11.6 Å². The Balaban J connectivity index is 2.34. The fourth-order valence-corrected chi connectivity index (χ4v) is 2.81. The van der Waals surface area contributed by atoms with E-state index in [2.05, 4.69) is 36.6 Å². The van der Waals surface area contributed by atoms with E-state index in [1.165, 1.54) is 37.7 Å². The van der Waals surface area contributed by atoms with E-state index in [9.17, 15) is 4.79 Å². The van der Waals surface area contributed by atoms with Crippen LogP contribution in [0, 0.1) is 0 Å². The minimum Gasteiger partial charge on any atom is -0.334 e. The Bertz CT molecular complexity index is 434. The van der Waals surface area contributed by atoms with Gasteiger partial charge in [0.15, 0.2) is 0 Å². The Kier molecular flexibility index (Phi) is 10.5. The Hall–Kier alpha value is -1.22. The number of unbranched alkanes of at least 4 members (excludes halogenated alkanes) is 4. The van der Waals surface area contributed by atoms with Crippen molar-refractivity contribution in [3.63, 3.8) is 0 Å². The van der Waals surface area contributed by atoms with Gasteiger partial charge >= 0.3 is 6.03 Å². The first kappa shape index (κ1) is 19.8. The largest absolute Gasteiger partial charge is 0.334 e. The number of hydrogen-bond acceptors (Lipinski definition) is 1. The molecule has 2 N–H and O–H groups in total. The van der Waals surface area contributed by atoms with Crippen LogP contribution < -0.4 is 10.6 Å². The van der Waals surface area contributed by atoms with E-state index in [1.807, 2.05) is 12.1 Å². The molecule has 0 unspecified atom stereocenters. The van der Waals surface area contributed by atoms with Crippen molar-refractivity contribution in [2.24, 2.45) is 0 Å². The number of carbonyl (C=O) groups excluding carboxylic acids is 1. The molecule has 0 saturated heterocycles. The lowest BCUT2D eigenvalue weighted by molar-refractivity contribution is 0.248. The molecule has 0 aliphatic heterocycles. The molecule has 0 fully saturated rings. The minimum atomic E-state index is -0.184. The summed E-state index contributed by atoms with van der Waals surface area (Å²) in [7, 11) is 0. The summed E-state index contributed by atoms with van der Waals surface area (Å²) in [5, 5.41) is 5.77. The number of aryl methyl sites for hydroxylation is 1. The van der Waals surface area contributed by atoms with Crippen molar-refractivity contribution in [3.05, 3.63) is 29.8 Å². The summed E-state index contributed by atoms with van der Waals surface area (Å²) in [5.74, 6) is 0.443. The van der Waals surface area contributed by atoms with E-state index in [0.29, 0.717) is 5.88 Å². The molecule has 4 heteroatoms. The topological polar surface area (TPSA) is 41.1 Å². The van der Waals surface area contributed by atoms with E-state index < -0.39 is 0 Å². The van der Waals surface area contributed by atoms with Crippen molar-refractivity contribution < 1.29 is 4.79 Å². The summed E-state index contributed by atoms with van der Waals surface area (Å²) >= 11 is 5.85. The van der Waals surface area contributed by atoms with Gasteiger partial charge in [-0.3, -0.25) is 0 Å². The second kappa shape index (κ2) is 12.2. The Morgan fingerprint density at radius 2 is 1.74 bits per heavy atom. The van der Waals surface area contributed by atoms with Crippen molar-refractivity contribution in [1.29, 1.82) is 0 Å². The number of anilines is 1. The van der Waals surface area contributed by atoms with Crippen LogP contribution in [-0.2, 0) is 6.42 Å². The summed E-state index contributed by atoms with van der Waals surface area (Å²) in [6.45, 7) is 4.32. The van der Waals surface area contributed by atoms with Gasteiger partial charge < -0.3 is 10.6 Å². The van der Waals surface area contributed by atoms with Crippen LogP contribution in [0.3, 0.4) is 0 Å². The number of benzene rings is 1. The number of hydrogen-bond donors (Lipinski definition) is 2. The number of halogens is 1. The van der Waals surface area contributed by atoms with Crippen molar-refractivity contribution in [1.82, 2.24) is 5.32 Å². The molecule has 1 atom stereocenters. The molecule has 0 spiro atoms. The first-order valence-electron chi connectivity index (χ1n) is 8.92. The molecule has 0 saturated carbocycles. The Morgan fingerprint density at radius 1 is 1.04 bits per heavy atom. The summed E-state index contributed by atoms with van der Waals surface area (Å²) < 4.78 is 0. The molecule has 3 nitrogen and oxygen atoms in total. The molecule has 23 heavy (non-hydrogen) atoms. The van der Waals surface area contributed by atoms with Crippen molar-refractivity contribution in [2.45, 2.75) is 71.3 Å². The maximum atomic E-state index is 11.9. The van der Waals surface area contributed by atoms with Crippen LogP contribution in [0.15, 0.2) is 24.3 Å².